The molecular weight excluding hydrogens is 1150 g/mol. The Bertz CT molecular complexity index is 3370. The number of hydrogen-bond acceptors (Lipinski definition) is 17. The van der Waals surface area contributed by atoms with E-state index in [0.29, 0.717) is 36.4 Å². The molecule has 25 heteroatoms. The van der Waals surface area contributed by atoms with Crippen molar-refractivity contribution in [1.82, 2.24) is 28.2 Å². The van der Waals surface area contributed by atoms with Crippen LogP contribution in [0.15, 0.2) is 151 Å². The lowest BCUT2D eigenvalue weighted by Gasteiger charge is -2.46. The quantitative estimate of drug-likeness (QED) is 0.0751. The molecule has 4 aliphatic rings. The van der Waals surface area contributed by atoms with Crippen LogP contribution < -0.4 is 15.1 Å². The van der Waals surface area contributed by atoms with Crippen molar-refractivity contribution in [3.8, 4) is 0 Å². The molecule has 0 spiro atoms. The molecule has 2 saturated heterocycles. The zero-order chi connectivity index (χ0) is 56.8. The normalized spacial score (nSPS) is 19.4. The van der Waals surface area contributed by atoms with E-state index in [4.69, 9.17) is 10.7 Å². The molecule has 6 aromatic rings. The van der Waals surface area contributed by atoms with Crippen LogP contribution in [0.2, 0.25) is 0 Å². The molecule has 428 valence electrons. The number of rotatable bonds is 17. The smallest absolute Gasteiger partial charge is 0.262 e. The summed E-state index contributed by atoms with van der Waals surface area (Å²) in [6, 6.07) is 28.4. The van der Waals surface area contributed by atoms with Gasteiger partial charge in [-0.1, -0.05) is 49.2 Å². The van der Waals surface area contributed by atoms with Crippen molar-refractivity contribution in [2.75, 3.05) is 62.2 Å². The maximum Gasteiger partial charge on any atom is 0.262 e. The molecule has 0 amide bonds. The van der Waals surface area contributed by atoms with E-state index in [1.807, 2.05) is 53.9 Å². The van der Waals surface area contributed by atoms with Crippen LogP contribution in [-0.2, 0) is 50.3 Å². The molecule has 18 nitrogen and oxygen atoms in total. The number of aromatic nitrogens is 2. The zero-order valence-corrected chi connectivity index (χ0v) is 50.2. The predicted molar refractivity (Wildman–Crippen MR) is 310 cm³/mol. The Labute approximate surface area is 478 Å². The average molecular weight is 1220 g/mol. The van der Waals surface area contributed by atoms with Crippen LogP contribution in [-0.4, -0.2) is 143 Å². The molecule has 3 N–H and O–H groups in total. The first kappa shape index (κ1) is 60.7. The van der Waals surface area contributed by atoms with Crippen molar-refractivity contribution in [3.05, 3.63) is 144 Å². The largest absolute Gasteiger partial charge is 0.386 e. The first-order chi connectivity index (χ1) is 37.3. The molecule has 2 aromatic carbocycles. The van der Waals surface area contributed by atoms with E-state index in [-0.39, 0.29) is 45.7 Å². The standard InChI is InChI=1S/C27H34N4O5S3.C22H31N3O3S2.C5H4ClNO2S/c1-27(2,32)21-10-12-22(13-11-21)30-16-15-29(39(35,36)26-9-5-17-37-26)19-24(30)20-31(23-6-3-7-23)38(33,34)25-8-4-14-28-18-25;1-22(2,26)17-8-10-19(11-9-17)25-13-12-24(30(27,28)21-7-4-14-29-21)16-20(25)15-23-18-5-3-6-18;6-10(8,9)5-2-1-3-7-4-5/h4-5,8-14,17-18,23-24,32H,3,6-7,15-16,19-20H2,1-2H3;4,7-11,14,18,20,23,26H,3,5-6,12-13,15-16H2,1-2H3;1-4H/t24-;20-;/m10./s1. The molecule has 10 rings (SSSR count). The maximum absolute atomic E-state index is 13.8. The van der Waals surface area contributed by atoms with Crippen LogP contribution in [0.4, 0.5) is 11.4 Å². The molecule has 79 heavy (non-hydrogen) atoms. The second-order valence-electron chi connectivity index (χ2n) is 21.0. The molecule has 2 aliphatic heterocycles. The Hall–Kier alpha value is -4.41. The molecule has 2 atom stereocenters. The highest BCUT2D eigenvalue weighted by atomic mass is 35.7. The monoisotopic (exact) mass is 1220 g/mol. The summed E-state index contributed by atoms with van der Waals surface area (Å²) in [6.07, 6.45) is 11.7. The molecule has 4 fully saturated rings. The summed E-state index contributed by atoms with van der Waals surface area (Å²) in [4.78, 5) is 12.2. The van der Waals surface area contributed by atoms with Gasteiger partial charge in [-0.2, -0.15) is 12.9 Å². The molecular formula is C54H69ClN8O10S6. The Balaban J connectivity index is 0.000000181. The van der Waals surface area contributed by atoms with Crippen molar-refractivity contribution in [1.29, 1.82) is 0 Å². The Morgan fingerprint density at radius 1 is 0.608 bits per heavy atom. The summed E-state index contributed by atoms with van der Waals surface area (Å²) < 4.78 is 107. The lowest BCUT2D eigenvalue weighted by molar-refractivity contribution is 0.0780. The van der Waals surface area contributed by atoms with E-state index < -0.39 is 56.4 Å². The fraction of sp³-hybridized carbons (Fsp3) is 0.444. The third-order valence-electron chi connectivity index (χ3n) is 14.7. The number of piperazine rings is 2. The SMILES string of the molecule is CC(C)(O)c1ccc(N2CCN(S(=O)(=O)c3cccs3)C[C@@H]2CN(C2CCC2)S(=O)(=O)c2cccnc2)cc1.CC(C)(O)c1ccc(N2CCN(S(=O)(=O)c3cccs3)C[C@@H]2CNC2CCC2)cc1.O=S(=O)(Cl)c1cccnc1. The van der Waals surface area contributed by atoms with Gasteiger partial charge in [-0.15, -0.1) is 22.7 Å². The van der Waals surface area contributed by atoms with Crippen LogP contribution in [0.3, 0.4) is 0 Å². The first-order valence-electron chi connectivity index (χ1n) is 26.1. The van der Waals surface area contributed by atoms with Crippen molar-refractivity contribution < 1.29 is 43.9 Å². The van der Waals surface area contributed by atoms with E-state index in [0.717, 1.165) is 48.3 Å². The molecule has 0 bridgehead atoms. The van der Waals surface area contributed by atoms with Gasteiger partial charge in [0.1, 0.15) is 18.2 Å². The third kappa shape index (κ3) is 15.0. The van der Waals surface area contributed by atoms with Crippen LogP contribution in [0.1, 0.15) is 77.3 Å². The average Bonchev–Trinajstić information content (AvgIpc) is 4.21. The second-order valence-corrected chi connectivity index (χ2v) is 31.7. The lowest BCUT2D eigenvalue weighted by Crippen LogP contribution is -2.60. The number of thiophene rings is 2. The summed E-state index contributed by atoms with van der Waals surface area (Å²) in [5.41, 5.74) is 1.68. The number of aliphatic hydroxyl groups is 2. The highest BCUT2D eigenvalue weighted by molar-refractivity contribution is 8.13. The molecule has 4 aromatic heterocycles. The minimum absolute atomic E-state index is 0.0247. The molecule has 2 saturated carbocycles. The van der Waals surface area contributed by atoms with E-state index in [1.54, 1.807) is 84.3 Å². The Kier molecular flexibility index (Phi) is 19.5. The van der Waals surface area contributed by atoms with Gasteiger partial charge < -0.3 is 25.3 Å². The summed E-state index contributed by atoms with van der Waals surface area (Å²) in [6.45, 7) is 10.3. The molecule has 6 heterocycles. The van der Waals surface area contributed by atoms with Gasteiger partial charge in [0.05, 0.1) is 23.3 Å². The highest BCUT2D eigenvalue weighted by Gasteiger charge is 2.42. The summed E-state index contributed by atoms with van der Waals surface area (Å²) in [5.74, 6) is 0. The Morgan fingerprint density at radius 2 is 1.06 bits per heavy atom. The Morgan fingerprint density at radius 3 is 1.43 bits per heavy atom. The number of pyridine rings is 2. The minimum Gasteiger partial charge on any atom is -0.386 e. The van der Waals surface area contributed by atoms with Crippen molar-refractivity contribution >= 4 is 83.9 Å². The van der Waals surface area contributed by atoms with E-state index >= 15 is 0 Å². The zero-order valence-electron chi connectivity index (χ0n) is 44.5. The van der Waals surface area contributed by atoms with Gasteiger partial charge in [0.15, 0.2) is 0 Å². The summed E-state index contributed by atoms with van der Waals surface area (Å²) in [5, 5.41) is 27.8. The van der Waals surface area contributed by atoms with Crippen LogP contribution >= 0.6 is 33.4 Å². The van der Waals surface area contributed by atoms with Crippen molar-refractivity contribution in [3.63, 3.8) is 0 Å². The lowest BCUT2D eigenvalue weighted by atomic mass is 9.93. The fourth-order valence-electron chi connectivity index (χ4n) is 9.66. The minimum atomic E-state index is -3.84. The van der Waals surface area contributed by atoms with Crippen molar-refractivity contribution in [2.24, 2.45) is 0 Å². The maximum atomic E-state index is 13.8. The second kappa shape index (κ2) is 25.4. The van der Waals surface area contributed by atoms with Gasteiger partial charge in [-0.3, -0.25) is 9.97 Å². The van der Waals surface area contributed by atoms with Crippen LogP contribution in [0.25, 0.3) is 0 Å². The number of sulfonamides is 3. The number of hydrogen-bond donors (Lipinski definition) is 3. The highest BCUT2D eigenvalue weighted by Crippen LogP contribution is 2.35. The van der Waals surface area contributed by atoms with Gasteiger partial charge in [0.2, 0.25) is 10.0 Å². The van der Waals surface area contributed by atoms with Crippen LogP contribution in [0.5, 0.6) is 0 Å². The summed E-state index contributed by atoms with van der Waals surface area (Å²) >= 11 is 2.45. The van der Waals surface area contributed by atoms with Gasteiger partial charge in [0.25, 0.3) is 29.1 Å². The topological polar surface area (TPSA) is 231 Å². The van der Waals surface area contributed by atoms with Crippen LogP contribution in [0, 0.1) is 0 Å². The van der Waals surface area contributed by atoms with Gasteiger partial charge in [-0.25, -0.2) is 33.7 Å². The number of nitrogens with one attached hydrogen (secondary N) is 1. The summed E-state index contributed by atoms with van der Waals surface area (Å²) in [7, 11) is -9.60. The molecule has 0 radical (unpaired) electrons. The number of nitrogens with zero attached hydrogens (tertiary/aromatic N) is 7. The predicted octanol–water partition coefficient (Wildman–Crippen LogP) is 7.50. The molecule has 2 aliphatic carbocycles. The fourth-order valence-corrected chi connectivity index (χ4v) is 17.3. The van der Waals surface area contributed by atoms with E-state index in [2.05, 4.69) is 25.1 Å². The number of benzene rings is 2. The van der Waals surface area contributed by atoms with Gasteiger partial charge in [0, 0.05) is 111 Å². The number of halogens is 1. The van der Waals surface area contributed by atoms with Crippen molar-refractivity contribution in [2.45, 2.75) is 120 Å². The third-order valence-corrected chi connectivity index (χ3v) is 24.4. The van der Waals surface area contributed by atoms with Gasteiger partial charge in [-0.05, 0) is 136 Å². The first-order valence-corrected chi connectivity index (χ1v) is 34.5. The van der Waals surface area contributed by atoms with Gasteiger partial charge >= 0.3 is 0 Å². The molecule has 0 unspecified atom stereocenters. The van der Waals surface area contributed by atoms with E-state index in [9.17, 15) is 43.9 Å². The van der Waals surface area contributed by atoms with E-state index in [1.165, 1.54) is 77.0 Å². The number of anilines is 2.